The Kier molecular flexibility index (Phi) is 5.68. The summed E-state index contributed by atoms with van der Waals surface area (Å²) in [6.07, 6.45) is 1.63. The highest BCUT2D eigenvalue weighted by Crippen LogP contribution is 2.21. The third kappa shape index (κ3) is 4.59. The minimum Gasteiger partial charge on any atom is -0.322 e. The molecule has 4 nitrogen and oxygen atoms in total. The number of halogens is 2. The molecule has 6 heteroatoms. The number of nitrogens with one attached hydrogen (secondary N) is 1. The summed E-state index contributed by atoms with van der Waals surface area (Å²) in [6, 6.07) is 14.0. The molecule has 0 atom stereocenters. The van der Waals surface area contributed by atoms with Crippen LogP contribution in [0.3, 0.4) is 0 Å². The lowest BCUT2D eigenvalue weighted by Crippen LogP contribution is -2.29. The second-order valence-corrected chi connectivity index (χ2v) is 7.26. The first-order valence-corrected chi connectivity index (χ1v) is 9.12. The second-order valence-electron chi connectivity index (χ2n) is 6.42. The number of rotatable bonds is 4. The van der Waals surface area contributed by atoms with Gasteiger partial charge in [-0.15, -0.1) is 0 Å². The van der Waals surface area contributed by atoms with E-state index in [9.17, 15) is 9.59 Å². The molecule has 1 aromatic heterocycles. The average Bonchev–Trinajstić information content (AvgIpc) is 2.58. The summed E-state index contributed by atoms with van der Waals surface area (Å²) in [5.74, 6) is -0.443. The van der Waals surface area contributed by atoms with E-state index in [2.05, 4.69) is 5.32 Å². The van der Waals surface area contributed by atoms with Gasteiger partial charge in [0.15, 0.2) is 0 Å². The molecular formula is C21H18Cl2N2O2. The lowest BCUT2D eigenvalue weighted by molar-refractivity contribution is 0.102. The highest BCUT2D eigenvalue weighted by Gasteiger charge is 2.13. The number of aromatic nitrogens is 1. The van der Waals surface area contributed by atoms with Gasteiger partial charge in [-0.3, -0.25) is 9.59 Å². The van der Waals surface area contributed by atoms with Crippen molar-refractivity contribution in [2.24, 2.45) is 0 Å². The van der Waals surface area contributed by atoms with Gasteiger partial charge in [0.1, 0.15) is 5.56 Å². The fraction of sp³-hybridized carbons (Fsp3) is 0.143. The predicted octanol–water partition coefficient (Wildman–Crippen LogP) is 5.07. The number of amides is 1. The Labute approximate surface area is 167 Å². The molecule has 0 unspecified atom stereocenters. The van der Waals surface area contributed by atoms with E-state index in [0.717, 1.165) is 16.7 Å². The van der Waals surface area contributed by atoms with Crippen LogP contribution < -0.4 is 10.9 Å². The van der Waals surface area contributed by atoms with Crippen molar-refractivity contribution in [1.29, 1.82) is 0 Å². The Morgan fingerprint density at radius 2 is 1.74 bits per heavy atom. The van der Waals surface area contributed by atoms with Crippen molar-refractivity contribution in [3.63, 3.8) is 0 Å². The van der Waals surface area contributed by atoms with E-state index in [4.69, 9.17) is 23.2 Å². The Morgan fingerprint density at radius 3 is 2.41 bits per heavy atom. The highest BCUT2D eigenvalue weighted by atomic mass is 35.5. The zero-order chi connectivity index (χ0) is 19.6. The normalized spacial score (nSPS) is 10.7. The molecule has 138 valence electrons. The number of carbonyl (C=O) groups excluding carboxylic acids is 1. The molecule has 0 saturated carbocycles. The zero-order valence-corrected chi connectivity index (χ0v) is 16.4. The summed E-state index contributed by atoms with van der Waals surface area (Å²) in [4.78, 5) is 25.4. The van der Waals surface area contributed by atoms with E-state index in [0.29, 0.717) is 15.7 Å². The molecule has 27 heavy (non-hydrogen) atoms. The van der Waals surface area contributed by atoms with Crippen LogP contribution >= 0.6 is 23.2 Å². The number of hydrogen-bond acceptors (Lipinski definition) is 2. The van der Waals surface area contributed by atoms with Crippen LogP contribution in [0.15, 0.2) is 59.5 Å². The van der Waals surface area contributed by atoms with Crippen LogP contribution in [0.4, 0.5) is 5.69 Å². The van der Waals surface area contributed by atoms with Crippen molar-refractivity contribution in [3.8, 4) is 0 Å². The molecule has 2 aromatic carbocycles. The number of aryl methyl sites for hydroxylation is 2. The first kappa shape index (κ1) is 19.2. The SMILES string of the molecule is Cc1cc(C)cc(NC(=O)c2cccn(Cc3ccc(Cl)cc3Cl)c2=O)c1. The van der Waals surface area contributed by atoms with Crippen LogP contribution in [0.1, 0.15) is 27.0 Å². The van der Waals surface area contributed by atoms with Gasteiger partial charge in [-0.1, -0.05) is 35.3 Å². The van der Waals surface area contributed by atoms with Crippen LogP contribution in [0.25, 0.3) is 0 Å². The molecule has 0 spiro atoms. The van der Waals surface area contributed by atoms with E-state index in [1.165, 1.54) is 10.6 Å². The van der Waals surface area contributed by atoms with Gasteiger partial charge >= 0.3 is 0 Å². The molecule has 0 aliphatic heterocycles. The summed E-state index contributed by atoms with van der Waals surface area (Å²) in [6.45, 7) is 4.15. The fourth-order valence-electron chi connectivity index (χ4n) is 2.91. The molecule has 0 saturated heterocycles. The van der Waals surface area contributed by atoms with E-state index in [1.807, 2.05) is 32.0 Å². The molecule has 1 amide bonds. The molecular weight excluding hydrogens is 383 g/mol. The molecule has 0 aliphatic carbocycles. The van der Waals surface area contributed by atoms with Crippen LogP contribution in [0.5, 0.6) is 0 Å². The molecule has 0 aliphatic rings. The number of anilines is 1. The number of hydrogen-bond donors (Lipinski definition) is 1. The minimum atomic E-state index is -0.443. The second kappa shape index (κ2) is 7.99. The Balaban J connectivity index is 1.87. The lowest BCUT2D eigenvalue weighted by atomic mass is 10.1. The number of benzene rings is 2. The third-order valence-electron chi connectivity index (χ3n) is 4.10. The summed E-state index contributed by atoms with van der Waals surface area (Å²) < 4.78 is 1.45. The maximum absolute atomic E-state index is 12.8. The standard InChI is InChI=1S/C21H18Cl2N2O2/c1-13-8-14(2)10-17(9-13)24-20(26)18-4-3-7-25(21(18)27)12-15-5-6-16(22)11-19(15)23/h3-11H,12H2,1-2H3,(H,24,26). The summed E-state index contributed by atoms with van der Waals surface area (Å²) >= 11 is 12.1. The van der Waals surface area contributed by atoms with Gasteiger partial charge < -0.3 is 9.88 Å². The molecule has 0 fully saturated rings. The number of pyridine rings is 1. The first-order valence-electron chi connectivity index (χ1n) is 8.36. The summed E-state index contributed by atoms with van der Waals surface area (Å²) in [7, 11) is 0. The minimum absolute atomic E-state index is 0.0711. The maximum atomic E-state index is 12.8. The van der Waals surface area contributed by atoms with Crippen molar-refractivity contribution in [1.82, 2.24) is 4.57 Å². The van der Waals surface area contributed by atoms with Gasteiger partial charge in [-0.2, -0.15) is 0 Å². The lowest BCUT2D eigenvalue weighted by Gasteiger charge is -2.11. The number of nitrogens with zero attached hydrogens (tertiary/aromatic N) is 1. The van der Waals surface area contributed by atoms with Crippen LogP contribution in [0, 0.1) is 13.8 Å². The largest absolute Gasteiger partial charge is 0.322 e. The van der Waals surface area contributed by atoms with Crippen LogP contribution in [-0.4, -0.2) is 10.5 Å². The van der Waals surface area contributed by atoms with Crippen LogP contribution in [0.2, 0.25) is 10.0 Å². The van der Waals surface area contributed by atoms with Gasteiger partial charge in [-0.05, 0) is 66.9 Å². The fourth-order valence-corrected chi connectivity index (χ4v) is 3.38. The smallest absolute Gasteiger partial charge is 0.263 e. The number of carbonyl (C=O) groups is 1. The van der Waals surface area contributed by atoms with Gasteiger partial charge in [-0.25, -0.2) is 0 Å². The maximum Gasteiger partial charge on any atom is 0.263 e. The van der Waals surface area contributed by atoms with Crippen molar-refractivity contribution in [2.45, 2.75) is 20.4 Å². The van der Waals surface area contributed by atoms with Crippen molar-refractivity contribution in [2.75, 3.05) is 5.32 Å². The third-order valence-corrected chi connectivity index (χ3v) is 4.69. The van der Waals surface area contributed by atoms with Gasteiger partial charge in [0.25, 0.3) is 11.5 Å². The van der Waals surface area contributed by atoms with Crippen molar-refractivity contribution in [3.05, 3.63) is 97.4 Å². The van der Waals surface area contributed by atoms with Crippen molar-refractivity contribution >= 4 is 34.8 Å². The molecule has 3 aromatic rings. The predicted molar refractivity (Wildman–Crippen MR) is 110 cm³/mol. The van der Waals surface area contributed by atoms with Crippen molar-refractivity contribution < 1.29 is 4.79 Å². The van der Waals surface area contributed by atoms with E-state index >= 15 is 0 Å². The molecule has 1 heterocycles. The molecule has 0 bridgehead atoms. The quantitative estimate of drug-likeness (QED) is 0.664. The topological polar surface area (TPSA) is 51.1 Å². The van der Waals surface area contributed by atoms with Gasteiger partial charge in [0.05, 0.1) is 6.54 Å². The summed E-state index contributed by atoms with van der Waals surface area (Å²) in [5.41, 5.74) is 3.16. The monoisotopic (exact) mass is 400 g/mol. The molecule has 0 radical (unpaired) electrons. The highest BCUT2D eigenvalue weighted by molar-refractivity contribution is 6.35. The van der Waals surface area contributed by atoms with E-state index in [-0.39, 0.29) is 17.7 Å². The first-order chi connectivity index (χ1) is 12.8. The Morgan fingerprint density at radius 1 is 1.04 bits per heavy atom. The van der Waals surface area contributed by atoms with E-state index < -0.39 is 5.91 Å². The molecule has 3 rings (SSSR count). The zero-order valence-electron chi connectivity index (χ0n) is 14.9. The Bertz CT molecular complexity index is 1050. The average molecular weight is 401 g/mol. The Hall–Kier alpha value is -2.56. The van der Waals surface area contributed by atoms with Crippen LogP contribution in [-0.2, 0) is 6.54 Å². The molecule has 1 N–H and O–H groups in total. The van der Waals surface area contributed by atoms with Gasteiger partial charge in [0.2, 0.25) is 0 Å². The summed E-state index contributed by atoms with van der Waals surface area (Å²) in [5, 5.41) is 3.79. The van der Waals surface area contributed by atoms with Gasteiger partial charge in [0, 0.05) is 21.9 Å². The van der Waals surface area contributed by atoms with E-state index in [1.54, 1.807) is 30.5 Å².